The summed E-state index contributed by atoms with van der Waals surface area (Å²) >= 11 is 0. The molecule has 0 radical (unpaired) electrons. The molecule has 0 saturated carbocycles. The molecule has 1 N–H and O–H groups in total. The summed E-state index contributed by atoms with van der Waals surface area (Å²) in [4.78, 5) is 18.3. The fourth-order valence-electron chi connectivity index (χ4n) is 3.13. The van der Waals surface area contributed by atoms with E-state index in [4.69, 9.17) is 4.74 Å². The highest BCUT2D eigenvalue weighted by molar-refractivity contribution is 5.78. The lowest BCUT2D eigenvalue weighted by atomic mass is 9.92. The third kappa shape index (κ3) is 4.61. The third-order valence-corrected chi connectivity index (χ3v) is 5.11. The molecule has 1 saturated heterocycles. The van der Waals surface area contributed by atoms with Crippen molar-refractivity contribution in [3.63, 3.8) is 0 Å². The Morgan fingerprint density at radius 3 is 2.65 bits per heavy atom. The number of amides is 1. The number of carbonyl (C=O) groups excluding carboxylic acids is 1. The summed E-state index contributed by atoms with van der Waals surface area (Å²) in [6.45, 7) is 5.45. The first-order valence-corrected chi connectivity index (χ1v) is 9.04. The van der Waals surface area contributed by atoms with E-state index in [1.807, 2.05) is 42.2 Å². The molecule has 1 aromatic heterocycles. The second-order valence-electron chi connectivity index (χ2n) is 7.18. The van der Waals surface area contributed by atoms with Crippen LogP contribution >= 0.6 is 0 Å². The van der Waals surface area contributed by atoms with E-state index in [-0.39, 0.29) is 12.5 Å². The average Bonchev–Trinajstić information content (AvgIpc) is 2.64. The van der Waals surface area contributed by atoms with Gasteiger partial charge in [-0.1, -0.05) is 12.1 Å². The number of aromatic nitrogens is 1. The Morgan fingerprint density at radius 1 is 1.23 bits per heavy atom. The summed E-state index contributed by atoms with van der Waals surface area (Å²) < 4.78 is 5.81. The number of piperidine rings is 1. The van der Waals surface area contributed by atoms with Gasteiger partial charge in [-0.15, -0.1) is 0 Å². The molecule has 1 aliphatic heterocycles. The van der Waals surface area contributed by atoms with Gasteiger partial charge >= 0.3 is 0 Å². The van der Waals surface area contributed by atoms with Gasteiger partial charge in [0.25, 0.3) is 0 Å². The molecule has 0 spiro atoms. The van der Waals surface area contributed by atoms with Crippen molar-refractivity contribution in [2.45, 2.75) is 38.7 Å². The lowest BCUT2D eigenvalue weighted by Crippen LogP contribution is -2.49. The summed E-state index contributed by atoms with van der Waals surface area (Å²) in [5.41, 5.74) is 2.42. The number of aliphatic hydroxyl groups is 1. The Kier molecular flexibility index (Phi) is 5.57. The standard InChI is InChI=1S/C21H26N2O3/c1-16-5-6-19(12-17(16)2)26-15-21(25)7-10-23(11-8-21)20(24)13-18-4-3-9-22-14-18/h3-6,9,12,14,25H,7-8,10-11,13,15H2,1-2H3. The topological polar surface area (TPSA) is 62.7 Å². The van der Waals surface area contributed by atoms with Crippen molar-refractivity contribution < 1.29 is 14.6 Å². The van der Waals surface area contributed by atoms with E-state index in [0.29, 0.717) is 32.4 Å². The van der Waals surface area contributed by atoms with Gasteiger partial charge in [0, 0.05) is 25.5 Å². The molecule has 5 nitrogen and oxygen atoms in total. The molecule has 1 aromatic carbocycles. The number of benzene rings is 1. The van der Waals surface area contributed by atoms with Crippen molar-refractivity contribution in [3.05, 3.63) is 59.4 Å². The Bertz CT molecular complexity index is 753. The summed E-state index contributed by atoms with van der Waals surface area (Å²) in [6.07, 6.45) is 4.82. The lowest BCUT2D eigenvalue weighted by molar-refractivity contribution is -0.135. The van der Waals surface area contributed by atoms with Crippen LogP contribution in [-0.2, 0) is 11.2 Å². The van der Waals surface area contributed by atoms with Crippen molar-refractivity contribution >= 4 is 5.91 Å². The third-order valence-electron chi connectivity index (χ3n) is 5.11. The first-order chi connectivity index (χ1) is 12.5. The zero-order chi connectivity index (χ0) is 18.6. The second-order valence-corrected chi connectivity index (χ2v) is 7.18. The Morgan fingerprint density at radius 2 is 2.00 bits per heavy atom. The van der Waals surface area contributed by atoms with Crippen molar-refractivity contribution in [2.24, 2.45) is 0 Å². The van der Waals surface area contributed by atoms with Crippen LogP contribution in [0.5, 0.6) is 5.75 Å². The van der Waals surface area contributed by atoms with E-state index in [9.17, 15) is 9.90 Å². The molecule has 0 atom stereocenters. The molecule has 2 heterocycles. The van der Waals surface area contributed by atoms with Gasteiger partial charge in [0.1, 0.15) is 18.0 Å². The van der Waals surface area contributed by atoms with E-state index >= 15 is 0 Å². The predicted octanol–water partition coefficient (Wildman–Crippen LogP) is 2.67. The highest BCUT2D eigenvalue weighted by Crippen LogP contribution is 2.25. The van der Waals surface area contributed by atoms with Gasteiger partial charge < -0.3 is 14.7 Å². The molecular formula is C21H26N2O3. The van der Waals surface area contributed by atoms with Gasteiger partial charge in [0.05, 0.1) is 6.42 Å². The maximum Gasteiger partial charge on any atom is 0.227 e. The van der Waals surface area contributed by atoms with E-state index in [1.54, 1.807) is 12.4 Å². The number of hydrogen-bond acceptors (Lipinski definition) is 4. The zero-order valence-electron chi connectivity index (χ0n) is 15.4. The van der Waals surface area contributed by atoms with Gasteiger partial charge in [-0.25, -0.2) is 0 Å². The lowest BCUT2D eigenvalue weighted by Gasteiger charge is -2.38. The van der Waals surface area contributed by atoms with Crippen molar-refractivity contribution in [1.29, 1.82) is 0 Å². The van der Waals surface area contributed by atoms with Gasteiger partial charge in [-0.2, -0.15) is 0 Å². The fraction of sp³-hybridized carbons (Fsp3) is 0.429. The molecule has 2 aromatic rings. The van der Waals surface area contributed by atoms with Gasteiger partial charge in [0.15, 0.2) is 0 Å². The van der Waals surface area contributed by atoms with Crippen LogP contribution in [0.4, 0.5) is 0 Å². The summed E-state index contributed by atoms with van der Waals surface area (Å²) in [7, 11) is 0. The first kappa shape index (κ1) is 18.4. The van der Waals surface area contributed by atoms with Crippen molar-refractivity contribution in [3.8, 4) is 5.75 Å². The number of rotatable bonds is 5. The minimum atomic E-state index is -0.885. The van der Waals surface area contributed by atoms with Crippen LogP contribution in [0, 0.1) is 13.8 Å². The Labute approximate surface area is 154 Å². The molecule has 1 amide bonds. The van der Waals surface area contributed by atoms with Crippen LogP contribution in [0.3, 0.4) is 0 Å². The monoisotopic (exact) mass is 354 g/mol. The maximum atomic E-state index is 12.4. The molecule has 0 bridgehead atoms. The van der Waals surface area contributed by atoms with Crippen LogP contribution < -0.4 is 4.74 Å². The van der Waals surface area contributed by atoms with E-state index in [1.165, 1.54) is 11.1 Å². The minimum absolute atomic E-state index is 0.0788. The Balaban J connectivity index is 1.50. The van der Waals surface area contributed by atoms with Gasteiger partial charge in [0.2, 0.25) is 5.91 Å². The molecule has 1 fully saturated rings. The Hall–Kier alpha value is -2.40. The molecule has 0 unspecified atom stereocenters. The van der Waals surface area contributed by atoms with E-state index in [0.717, 1.165) is 11.3 Å². The smallest absolute Gasteiger partial charge is 0.227 e. The SMILES string of the molecule is Cc1ccc(OCC2(O)CCN(C(=O)Cc3cccnc3)CC2)cc1C. The quantitative estimate of drug-likeness (QED) is 0.897. The number of nitrogens with zero attached hydrogens (tertiary/aromatic N) is 2. The normalized spacial score (nSPS) is 16.3. The van der Waals surface area contributed by atoms with Crippen LogP contribution in [0.1, 0.15) is 29.5 Å². The van der Waals surface area contributed by atoms with Crippen LogP contribution in [0.25, 0.3) is 0 Å². The van der Waals surface area contributed by atoms with E-state index < -0.39 is 5.60 Å². The number of ether oxygens (including phenoxy) is 1. The van der Waals surface area contributed by atoms with Gasteiger partial charge in [-0.05, 0) is 61.6 Å². The van der Waals surface area contributed by atoms with Crippen LogP contribution in [0.2, 0.25) is 0 Å². The average molecular weight is 354 g/mol. The largest absolute Gasteiger partial charge is 0.491 e. The number of likely N-dealkylation sites (tertiary alicyclic amines) is 1. The zero-order valence-corrected chi connectivity index (χ0v) is 15.4. The molecule has 1 aliphatic rings. The maximum absolute atomic E-state index is 12.4. The van der Waals surface area contributed by atoms with Crippen molar-refractivity contribution in [2.75, 3.05) is 19.7 Å². The number of aryl methyl sites for hydroxylation is 2. The van der Waals surface area contributed by atoms with E-state index in [2.05, 4.69) is 11.9 Å². The summed E-state index contributed by atoms with van der Waals surface area (Å²) in [5.74, 6) is 0.853. The highest BCUT2D eigenvalue weighted by Gasteiger charge is 2.34. The highest BCUT2D eigenvalue weighted by atomic mass is 16.5. The summed E-state index contributed by atoms with van der Waals surface area (Å²) in [5, 5.41) is 10.8. The summed E-state index contributed by atoms with van der Waals surface area (Å²) in [6, 6.07) is 9.68. The second kappa shape index (κ2) is 7.87. The molecule has 26 heavy (non-hydrogen) atoms. The minimum Gasteiger partial charge on any atom is -0.491 e. The first-order valence-electron chi connectivity index (χ1n) is 9.04. The number of pyridine rings is 1. The molecule has 3 rings (SSSR count). The predicted molar refractivity (Wildman–Crippen MR) is 100 cm³/mol. The molecule has 5 heteroatoms. The molecular weight excluding hydrogens is 328 g/mol. The fourth-order valence-corrected chi connectivity index (χ4v) is 3.13. The number of carbonyl (C=O) groups is 1. The molecule has 0 aliphatic carbocycles. The van der Waals surface area contributed by atoms with Crippen LogP contribution in [0.15, 0.2) is 42.7 Å². The van der Waals surface area contributed by atoms with Gasteiger partial charge in [-0.3, -0.25) is 9.78 Å². The molecule has 138 valence electrons. The number of hydrogen-bond donors (Lipinski definition) is 1. The van der Waals surface area contributed by atoms with Crippen molar-refractivity contribution in [1.82, 2.24) is 9.88 Å². The van der Waals surface area contributed by atoms with Crippen LogP contribution in [-0.4, -0.2) is 46.2 Å².